The summed E-state index contributed by atoms with van der Waals surface area (Å²) in [7, 11) is 0. The van der Waals surface area contributed by atoms with Gasteiger partial charge in [-0.3, -0.25) is 4.79 Å². The number of aromatic hydroxyl groups is 1. The molecule has 0 radical (unpaired) electrons. The van der Waals surface area contributed by atoms with Crippen LogP contribution in [0.1, 0.15) is 39.7 Å². The molecule has 0 amide bonds. The van der Waals surface area contributed by atoms with Gasteiger partial charge in [0, 0.05) is 11.8 Å². The zero-order valence-electron chi connectivity index (χ0n) is 13.9. The number of rotatable bonds is 4. The van der Waals surface area contributed by atoms with Crippen molar-refractivity contribution in [1.29, 1.82) is 0 Å². The Balaban J connectivity index is 1.69. The summed E-state index contributed by atoms with van der Waals surface area (Å²) in [4.78, 5) is 13.0. The highest BCUT2D eigenvalue weighted by molar-refractivity contribution is 6.01. The number of Topliss-reactive ketones (excluding diaryl/α,β-unsaturated/α-hetero) is 1. The van der Waals surface area contributed by atoms with Crippen LogP contribution in [-0.4, -0.2) is 10.9 Å². The van der Waals surface area contributed by atoms with Gasteiger partial charge < -0.3 is 5.11 Å². The standard InChI is InChI=1S/C23H20O2/c24-21-14-8-7-13-18(21)23(25)20-15-19(16-9-3-1-4-10-16)22(20)17-11-5-2-6-12-17/h1-14,19-20,22,24H,15H2/t19-,20?,22-/m1/s1. The summed E-state index contributed by atoms with van der Waals surface area (Å²) in [6.07, 6.45) is 0.816. The van der Waals surface area contributed by atoms with Gasteiger partial charge in [-0.05, 0) is 35.6 Å². The number of benzene rings is 3. The maximum atomic E-state index is 13.0. The van der Waals surface area contributed by atoms with Crippen LogP contribution in [-0.2, 0) is 0 Å². The maximum Gasteiger partial charge on any atom is 0.170 e. The first-order valence-electron chi connectivity index (χ1n) is 8.68. The molecule has 2 heteroatoms. The fraction of sp³-hybridized carbons (Fsp3) is 0.174. The molecule has 1 aliphatic rings. The van der Waals surface area contributed by atoms with Crippen molar-refractivity contribution >= 4 is 5.78 Å². The molecule has 1 saturated carbocycles. The molecule has 0 bridgehead atoms. The number of phenolic OH excluding ortho intramolecular Hbond substituents is 1. The molecule has 0 aliphatic heterocycles. The van der Waals surface area contributed by atoms with Gasteiger partial charge in [0.1, 0.15) is 5.75 Å². The first kappa shape index (κ1) is 15.6. The van der Waals surface area contributed by atoms with Crippen LogP contribution in [0.15, 0.2) is 84.9 Å². The Morgan fingerprint density at radius 1 is 0.760 bits per heavy atom. The van der Waals surface area contributed by atoms with Crippen molar-refractivity contribution in [2.24, 2.45) is 5.92 Å². The minimum Gasteiger partial charge on any atom is -0.507 e. The molecule has 2 nitrogen and oxygen atoms in total. The molecule has 3 aromatic rings. The Bertz CT molecular complexity index is 871. The zero-order chi connectivity index (χ0) is 17.2. The topological polar surface area (TPSA) is 37.3 Å². The second-order valence-electron chi connectivity index (χ2n) is 6.68. The summed E-state index contributed by atoms with van der Waals surface area (Å²) in [6, 6.07) is 27.5. The van der Waals surface area contributed by atoms with Gasteiger partial charge in [-0.2, -0.15) is 0 Å². The predicted molar refractivity (Wildman–Crippen MR) is 98.9 cm³/mol. The first-order chi connectivity index (χ1) is 12.3. The second kappa shape index (κ2) is 6.56. The molecular weight excluding hydrogens is 308 g/mol. The van der Waals surface area contributed by atoms with Crippen molar-refractivity contribution in [3.8, 4) is 5.75 Å². The highest BCUT2D eigenvalue weighted by Gasteiger charge is 2.46. The summed E-state index contributed by atoms with van der Waals surface area (Å²) < 4.78 is 0. The molecule has 0 aromatic heterocycles. The van der Waals surface area contributed by atoms with Crippen LogP contribution in [0.4, 0.5) is 0 Å². The van der Waals surface area contributed by atoms with Gasteiger partial charge in [0.15, 0.2) is 5.78 Å². The van der Waals surface area contributed by atoms with Crippen molar-refractivity contribution in [3.63, 3.8) is 0 Å². The average Bonchev–Trinajstić information content (AvgIpc) is 2.63. The predicted octanol–water partition coefficient (Wildman–Crippen LogP) is 5.16. The van der Waals surface area contributed by atoms with Crippen LogP contribution in [0.2, 0.25) is 0 Å². The summed E-state index contributed by atoms with van der Waals surface area (Å²) in [5.41, 5.74) is 2.90. The lowest BCUT2D eigenvalue weighted by atomic mass is 9.57. The van der Waals surface area contributed by atoms with Gasteiger partial charge in [-0.1, -0.05) is 72.8 Å². The number of phenols is 1. The number of para-hydroxylation sites is 1. The third-order valence-electron chi connectivity index (χ3n) is 5.29. The summed E-state index contributed by atoms with van der Waals surface area (Å²) in [5, 5.41) is 10.1. The Morgan fingerprint density at radius 2 is 1.32 bits per heavy atom. The van der Waals surface area contributed by atoms with E-state index >= 15 is 0 Å². The molecular formula is C23H20O2. The molecule has 0 spiro atoms. The lowest BCUT2D eigenvalue weighted by Gasteiger charge is -2.45. The number of ketones is 1. The average molecular weight is 328 g/mol. The molecule has 4 rings (SSSR count). The number of hydrogen-bond donors (Lipinski definition) is 1. The number of hydrogen-bond acceptors (Lipinski definition) is 2. The quantitative estimate of drug-likeness (QED) is 0.671. The van der Waals surface area contributed by atoms with Crippen LogP contribution in [0, 0.1) is 5.92 Å². The van der Waals surface area contributed by atoms with Gasteiger partial charge in [0.2, 0.25) is 0 Å². The molecule has 0 heterocycles. The minimum atomic E-state index is -0.0964. The molecule has 3 atom stereocenters. The highest BCUT2D eigenvalue weighted by atomic mass is 16.3. The fourth-order valence-electron chi connectivity index (χ4n) is 3.99. The van der Waals surface area contributed by atoms with Crippen LogP contribution < -0.4 is 0 Å². The molecule has 3 aromatic carbocycles. The summed E-state index contributed by atoms with van der Waals surface area (Å²) in [5.74, 6) is 0.502. The van der Waals surface area contributed by atoms with Gasteiger partial charge in [-0.15, -0.1) is 0 Å². The van der Waals surface area contributed by atoms with E-state index in [4.69, 9.17) is 0 Å². The molecule has 1 fully saturated rings. The van der Waals surface area contributed by atoms with E-state index < -0.39 is 0 Å². The fourth-order valence-corrected chi connectivity index (χ4v) is 3.99. The summed E-state index contributed by atoms with van der Waals surface area (Å²) >= 11 is 0. The van der Waals surface area contributed by atoms with E-state index in [1.54, 1.807) is 24.3 Å². The molecule has 1 N–H and O–H groups in total. The Hall–Kier alpha value is -2.87. The Kier molecular flexibility index (Phi) is 4.10. The Morgan fingerprint density at radius 3 is 1.96 bits per heavy atom. The molecule has 1 aliphatic carbocycles. The van der Waals surface area contributed by atoms with Crippen LogP contribution >= 0.6 is 0 Å². The van der Waals surface area contributed by atoms with Crippen molar-refractivity contribution in [3.05, 3.63) is 102 Å². The van der Waals surface area contributed by atoms with E-state index in [2.05, 4.69) is 36.4 Å². The lowest BCUT2D eigenvalue weighted by molar-refractivity contribution is 0.0778. The monoisotopic (exact) mass is 328 g/mol. The van der Waals surface area contributed by atoms with E-state index in [9.17, 15) is 9.90 Å². The molecule has 1 unspecified atom stereocenters. The number of carbonyl (C=O) groups is 1. The van der Waals surface area contributed by atoms with Gasteiger partial charge in [0.05, 0.1) is 5.56 Å². The van der Waals surface area contributed by atoms with Crippen LogP contribution in [0.25, 0.3) is 0 Å². The molecule has 25 heavy (non-hydrogen) atoms. The first-order valence-corrected chi connectivity index (χ1v) is 8.68. The maximum absolute atomic E-state index is 13.0. The largest absolute Gasteiger partial charge is 0.507 e. The van der Waals surface area contributed by atoms with Crippen molar-refractivity contribution in [2.45, 2.75) is 18.3 Å². The summed E-state index contributed by atoms with van der Waals surface area (Å²) in [6.45, 7) is 0. The SMILES string of the molecule is O=C(c1ccccc1O)C1C[C@H](c2ccccc2)[C@H]1c1ccccc1. The van der Waals surface area contributed by atoms with Gasteiger partial charge >= 0.3 is 0 Å². The van der Waals surface area contributed by atoms with Crippen LogP contribution in [0.3, 0.4) is 0 Å². The lowest BCUT2D eigenvalue weighted by Crippen LogP contribution is -2.38. The van der Waals surface area contributed by atoms with Crippen molar-refractivity contribution in [1.82, 2.24) is 0 Å². The second-order valence-corrected chi connectivity index (χ2v) is 6.68. The third kappa shape index (κ3) is 2.85. The van der Waals surface area contributed by atoms with E-state index in [0.717, 1.165) is 6.42 Å². The normalized spacial score (nSPS) is 22.2. The van der Waals surface area contributed by atoms with Gasteiger partial charge in [0.25, 0.3) is 0 Å². The van der Waals surface area contributed by atoms with E-state index in [1.807, 2.05) is 24.3 Å². The van der Waals surface area contributed by atoms with E-state index in [1.165, 1.54) is 11.1 Å². The number of carbonyl (C=O) groups excluding carboxylic acids is 1. The van der Waals surface area contributed by atoms with E-state index in [0.29, 0.717) is 11.5 Å². The van der Waals surface area contributed by atoms with Crippen molar-refractivity contribution < 1.29 is 9.90 Å². The Labute approximate surface area is 147 Å². The highest BCUT2D eigenvalue weighted by Crippen LogP contribution is 2.54. The minimum absolute atomic E-state index is 0.0409. The van der Waals surface area contributed by atoms with Gasteiger partial charge in [-0.25, -0.2) is 0 Å². The zero-order valence-corrected chi connectivity index (χ0v) is 13.9. The van der Waals surface area contributed by atoms with Crippen molar-refractivity contribution in [2.75, 3.05) is 0 Å². The van der Waals surface area contributed by atoms with Crippen LogP contribution in [0.5, 0.6) is 5.75 Å². The molecule has 0 saturated heterocycles. The third-order valence-corrected chi connectivity index (χ3v) is 5.29. The van der Waals surface area contributed by atoms with E-state index in [-0.39, 0.29) is 23.4 Å². The molecule has 124 valence electrons. The smallest absolute Gasteiger partial charge is 0.170 e.